The summed E-state index contributed by atoms with van der Waals surface area (Å²) >= 11 is 0. The van der Waals surface area contributed by atoms with Gasteiger partial charge in [0.25, 0.3) is 5.91 Å². The van der Waals surface area contributed by atoms with Gasteiger partial charge in [0, 0.05) is 58.6 Å². The number of rotatable bonds is 8. The molecule has 170 valence electrons. The topological polar surface area (TPSA) is 48.1 Å². The van der Waals surface area contributed by atoms with E-state index in [1.165, 1.54) is 12.1 Å². The first-order chi connectivity index (χ1) is 14.5. The highest BCUT2D eigenvalue weighted by molar-refractivity contribution is 5.99. The number of hydrogen-bond donors (Lipinski definition) is 1. The Morgan fingerprint density at radius 3 is 2.52 bits per heavy atom. The Bertz CT molecular complexity index is 857. The van der Waals surface area contributed by atoms with Gasteiger partial charge in [-0.15, -0.1) is 12.4 Å². The molecule has 6 nitrogen and oxygen atoms in total. The van der Waals surface area contributed by atoms with E-state index >= 15 is 0 Å². The SMILES string of the molecule is COc1cc(F)ccc1N1CCN(CCCNc2ccccc2C(=O)N(C)C)CC1.Cl. The molecule has 0 radical (unpaired) electrons. The van der Waals surface area contributed by atoms with Gasteiger partial charge in [0.05, 0.1) is 18.4 Å². The van der Waals surface area contributed by atoms with E-state index < -0.39 is 0 Å². The Balaban J connectivity index is 0.00000341. The molecule has 0 spiro atoms. The molecule has 0 aromatic heterocycles. The molecule has 1 aliphatic heterocycles. The van der Waals surface area contributed by atoms with Gasteiger partial charge in [-0.25, -0.2) is 4.39 Å². The molecule has 1 aliphatic rings. The van der Waals surface area contributed by atoms with Crippen LogP contribution in [0.15, 0.2) is 42.5 Å². The van der Waals surface area contributed by atoms with Crippen LogP contribution in [-0.4, -0.2) is 76.2 Å². The first kappa shape index (κ1) is 24.8. The summed E-state index contributed by atoms with van der Waals surface area (Å²) in [4.78, 5) is 18.6. The maximum Gasteiger partial charge on any atom is 0.255 e. The molecule has 2 aromatic rings. The molecule has 1 fully saturated rings. The third kappa shape index (κ3) is 6.48. The Morgan fingerprint density at radius 1 is 1.13 bits per heavy atom. The highest BCUT2D eigenvalue weighted by atomic mass is 35.5. The second-order valence-electron chi connectivity index (χ2n) is 7.67. The van der Waals surface area contributed by atoms with Crippen LogP contribution in [0.2, 0.25) is 0 Å². The quantitative estimate of drug-likeness (QED) is 0.623. The number of hydrogen-bond acceptors (Lipinski definition) is 5. The fourth-order valence-corrected chi connectivity index (χ4v) is 3.72. The second kappa shape index (κ2) is 11.8. The Hall–Kier alpha value is -2.51. The van der Waals surface area contributed by atoms with E-state index in [-0.39, 0.29) is 24.1 Å². The zero-order valence-corrected chi connectivity index (χ0v) is 19.3. The van der Waals surface area contributed by atoms with Crippen molar-refractivity contribution in [3.8, 4) is 5.75 Å². The summed E-state index contributed by atoms with van der Waals surface area (Å²) < 4.78 is 18.8. The fourth-order valence-electron chi connectivity index (χ4n) is 3.72. The molecule has 0 bridgehead atoms. The molecule has 0 atom stereocenters. The van der Waals surface area contributed by atoms with Gasteiger partial charge in [0.1, 0.15) is 11.6 Å². The molecule has 0 saturated carbocycles. The summed E-state index contributed by atoms with van der Waals surface area (Å²) in [6, 6.07) is 12.3. The van der Waals surface area contributed by atoms with Gasteiger partial charge in [-0.3, -0.25) is 9.69 Å². The average molecular weight is 451 g/mol. The minimum absolute atomic E-state index is 0. The number of carbonyl (C=O) groups is 1. The van der Waals surface area contributed by atoms with E-state index in [0.29, 0.717) is 11.3 Å². The number of carbonyl (C=O) groups excluding carboxylic acids is 1. The molecule has 1 heterocycles. The molecular formula is C23H32ClFN4O2. The highest BCUT2D eigenvalue weighted by Gasteiger charge is 2.20. The molecule has 2 aromatic carbocycles. The van der Waals surface area contributed by atoms with Crippen molar-refractivity contribution in [3.63, 3.8) is 0 Å². The molecule has 1 N–H and O–H groups in total. The maximum absolute atomic E-state index is 13.4. The first-order valence-corrected chi connectivity index (χ1v) is 10.3. The predicted molar refractivity (Wildman–Crippen MR) is 126 cm³/mol. The van der Waals surface area contributed by atoms with Gasteiger partial charge in [-0.2, -0.15) is 0 Å². The van der Waals surface area contributed by atoms with Gasteiger partial charge >= 0.3 is 0 Å². The maximum atomic E-state index is 13.4. The number of piperazine rings is 1. The largest absolute Gasteiger partial charge is 0.494 e. The molecule has 1 saturated heterocycles. The summed E-state index contributed by atoms with van der Waals surface area (Å²) in [7, 11) is 5.10. The molecule has 0 aliphatic carbocycles. The Kier molecular flexibility index (Phi) is 9.40. The van der Waals surface area contributed by atoms with E-state index in [0.717, 1.165) is 57.1 Å². The zero-order chi connectivity index (χ0) is 21.5. The lowest BCUT2D eigenvalue weighted by Crippen LogP contribution is -2.47. The predicted octanol–water partition coefficient (Wildman–Crippen LogP) is 3.58. The van der Waals surface area contributed by atoms with Crippen molar-refractivity contribution < 1.29 is 13.9 Å². The van der Waals surface area contributed by atoms with Crippen LogP contribution >= 0.6 is 12.4 Å². The molecule has 1 amide bonds. The number of amides is 1. The molecular weight excluding hydrogens is 419 g/mol. The number of nitrogens with zero attached hydrogens (tertiary/aromatic N) is 3. The normalized spacial score (nSPS) is 14.0. The van der Waals surface area contributed by atoms with E-state index in [9.17, 15) is 9.18 Å². The highest BCUT2D eigenvalue weighted by Crippen LogP contribution is 2.29. The summed E-state index contributed by atoms with van der Waals surface area (Å²) in [5.41, 5.74) is 2.52. The van der Waals surface area contributed by atoms with Crippen molar-refractivity contribution in [3.05, 3.63) is 53.8 Å². The fraction of sp³-hybridized carbons (Fsp3) is 0.435. The van der Waals surface area contributed by atoms with Gasteiger partial charge in [-0.05, 0) is 37.2 Å². The third-order valence-corrected chi connectivity index (χ3v) is 5.38. The van der Waals surface area contributed by atoms with Crippen molar-refractivity contribution in [2.24, 2.45) is 0 Å². The van der Waals surface area contributed by atoms with Crippen molar-refractivity contribution in [2.75, 3.05) is 70.7 Å². The van der Waals surface area contributed by atoms with Crippen LogP contribution in [0, 0.1) is 5.82 Å². The lowest BCUT2D eigenvalue weighted by molar-refractivity contribution is 0.0828. The summed E-state index contributed by atoms with van der Waals surface area (Å²) in [6.45, 7) is 5.48. The lowest BCUT2D eigenvalue weighted by atomic mass is 10.1. The standard InChI is InChI=1S/C23H31FN4O2.ClH/c1-26(2)23(29)19-7-4-5-8-20(19)25-11-6-12-27-13-15-28(16-14-27)21-10-9-18(24)17-22(21)30-3;/h4-5,7-10,17,25H,6,11-16H2,1-3H3;1H. The number of halogens is 2. The van der Waals surface area contributed by atoms with E-state index in [1.807, 2.05) is 24.3 Å². The Labute approximate surface area is 190 Å². The van der Waals surface area contributed by atoms with Crippen molar-refractivity contribution in [2.45, 2.75) is 6.42 Å². The molecule has 8 heteroatoms. The van der Waals surface area contributed by atoms with Crippen LogP contribution in [0.25, 0.3) is 0 Å². The number of anilines is 2. The van der Waals surface area contributed by atoms with E-state index in [2.05, 4.69) is 15.1 Å². The third-order valence-electron chi connectivity index (χ3n) is 5.38. The number of ether oxygens (including phenoxy) is 1. The number of benzene rings is 2. The minimum Gasteiger partial charge on any atom is -0.494 e. The smallest absolute Gasteiger partial charge is 0.255 e. The summed E-state index contributed by atoms with van der Waals surface area (Å²) in [5, 5.41) is 3.41. The van der Waals surface area contributed by atoms with Crippen LogP contribution in [0.4, 0.5) is 15.8 Å². The van der Waals surface area contributed by atoms with E-state index in [1.54, 1.807) is 32.2 Å². The Morgan fingerprint density at radius 2 is 1.84 bits per heavy atom. The van der Waals surface area contributed by atoms with Crippen LogP contribution in [-0.2, 0) is 0 Å². The minimum atomic E-state index is -0.282. The van der Waals surface area contributed by atoms with Gasteiger partial charge in [-0.1, -0.05) is 12.1 Å². The number of para-hydroxylation sites is 1. The molecule has 0 unspecified atom stereocenters. The van der Waals surface area contributed by atoms with Gasteiger partial charge < -0.3 is 19.9 Å². The van der Waals surface area contributed by atoms with Gasteiger partial charge in [0.2, 0.25) is 0 Å². The molecule has 31 heavy (non-hydrogen) atoms. The lowest BCUT2D eigenvalue weighted by Gasteiger charge is -2.36. The summed E-state index contributed by atoms with van der Waals surface area (Å²) in [6.07, 6.45) is 0.990. The molecule has 3 rings (SSSR count). The summed E-state index contributed by atoms with van der Waals surface area (Å²) in [5.74, 6) is 0.305. The van der Waals surface area contributed by atoms with Gasteiger partial charge in [0.15, 0.2) is 0 Å². The average Bonchev–Trinajstić information content (AvgIpc) is 2.77. The zero-order valence-electron chi connectivity index (χ0n) is 18.4. The van der Waals surface area contributed by atoms with Crippen LogP contribution in [0.1, 0.15) is 16.8 Å². The van der Waals surface area contributed by atoms with Crippen molar-refractivity contribution >= 4 is 29.7 Å². The number of methoxy groups -OCH3 is 1. The van der Waals surface area contributed by atoms with Crippen molar-refractivity contribution in [1.29, 1.82) is 0 Å². The number of nitrogens with one attached hydrogen (secondary N) is 1. The van der Waals surface area contributed by atoms with Crippen LogP contribution in [0.3, 0.4) is 0 Å². The van der Waals surface area contributed by atoms with E-state index in [4.69, 9.17) is 4.74 Å². The van der Waals surface area contributed by atoms with Crippen molar-refractivity contribution in [1.82, 2.24) is 9.80 Å². The van der Waals surface area contributed by atoms with Crippen LogP contribution in [0.5, 0.6) is 5.75 Å². The second-order valence-corrected chi connectivity index (χ2v) is 7.67. The first-order valence-electron chi connectivity index (χ1n) is 10.3. The van der Waals surface area contributed by atoms with Crippen LogP contribution < -0.4 is 15.0 Å². The monoisotopic (exact) mass is 450 g/mol.